The quantitative estimate of drug-likeness (QED) is 0.538. The smallest absolute Gasteiger partial charge is 0.293 e. The number of anilines is 1. The average molecular weight is 351 g/mol. The van der Waals surface area contributed by atoms with Crippen molar-refractivity contribution in [3.05, 3.63) is 28.3 Å². The van der Waals surface area contributed by atoms with Gasteiger partial charge in [0, 0.05) is 12.6 Å². The fourth-order valence-electron chi connectivity index (χ4n) is 2.33. The SMILES string of the molecule is Cl.NS(=O)(=O)c1ccc(NCC2CCNCC2)c([N+](=O)[O-])c1. The maximum absolute atomic E-state index is 11.3. The van der Waals surface area contributed by atoms with Crippen LogP contribution in [-0.2, 0) is 10.0 Å². The lowest BCUT2D eigenvalue weighted by atomic mass is 9.98. The summed E-state index contributed by atoms with van der Waals surface area (Å²) in [5, 5.41) is 22.3. The van der Waals surface area contributed by atoms with Crippen molar-refractivity contribution in [2.75, 3.05) is 25.0 Å². The summed E-state index contributed by atoms with van der Waals surface area (Å²) in [4.78, 5) is 10.2. The number of nitrogens with zero attached hydrogens (tertiary/aromatic N) is 1. The molecule has 0 aromatic heterocycles. The molecule has 1 aromatic carbocycles. The normalized spacial score (nSPS) is 15.9. The fraction of sp³-hybridized carbons (Fsp3) is 0.500. The van der Waals surface area contributed by atoms with E-state index in [0.717, 1.165) is 32.0 Å². The zero-order valence-corrected chi connectivity index (χ0v) is 13.5. The molecule has 22 heavy (non-hydrogen) atoms. The number of nitrogens with two attached hydrogens (primary N) is 1. The van der Waals surface area contributed by atoms with Crippen LogP contribution in [0.3, 0.4) is 0 Å². The van der Waals surface area contributed by atoms with Gasteiger partial charge in [0.2, 0.25) is 10.0 Å². The summed E-state index contributed by atoms with van der Waals surface area (Å²) in [5.41, 5.74) is 0.0291. The highest BCUT2D eigenvalue weighted by Gasteiger charge is 2.20. The second-order valence-electron chi connectivity index (χ2n) is 5.06. The van der Waals surface area contributed by atoms with E-state index >= 15 is 0 Å². The van der Waals surface area contributed by atoms with Crippen LogP contribution in [0.25, 0.3) is 0 Å². The Labute approximate surface area is 135 Å². The fourth-order valence-corrected chi connectivity index (χ4v) is 2.86. The number of nitro benzene ring substituents is 1. The Kier molecular flexibility index (Phi) is 6.54. The van der Waals surface area contributed by atoms with Crippen LogP contribution in [0.4, 0.5) is 11.4 Å². The van der Waals surface area contributed by atoms with Crippen molar-refractivity contribution < 1.29 is 13.3 Å². The Hall–Kier alpha value is -1.42. The first-order valence-electron chi connectivity index (χ1n) is 6.64. The highest BCUT2D eigenvalue weighted by atomic mass is 35.5. The molecule has 2 rings (SSSR count). The highest BCUT2D eigenvalue weighted by Crippen LogP contribution is 2.27. The van der Waals surface area contributed by atoms with Gasteiger partial charge in [0.15, 0.2) is 0 Å². The summed E-state index contributed by atoms with van der Waals surface area (Å²) >= 11 is 0. The lowest BCUT2D eigenvalue weighted by Gasteiger charge is -2.23. The molecule has 0 spiro atoms. The summed E-state index contributed by atoms with van der Waals surface area (Å²) < 4.78 is 22.5. The minimum atomic E-state index is -3.95. The number of nitrogens with one attached hydrogen (secondary N) is 2. The molecule has 8 nitrogen and oxygen atoms in total. The molecular weight excluding hydrogens is 332 g/mol. The molecule has 1 heterocycles. The maximum Gasteiger partial charge on any atom is 0.293 e. The Morgan fingerprint density at radius 1 is 1.36 bits per heavy atom. The minimum Gasteiger partial charge on any atom is -0.379 e. The van der Waals surface area contributed by atoms with Gasteiger partial charge in [-0.15, -0.1) is 12.4 Å². The van der Waals surface area contributed by atoms with Crippen molar-refractivity contribution in [2.45, 2.75) is 17.7 Å². The van der Waals surface area contributed by atoms with Crippen molar-refractivity contribution in [2.24, 2.45) is 11.1 Å². The van der Waals surface area contributed by atoms with E-state index in [1.807, 2.05) is 0 Å². The van der Waals surface area contributed by atoms with Crippen molar-refractivity contribution >= 4 is 33.8 Å². The Bertz CT molecular complexity index is 632. The molecule has 1 aliphatic heterocycles. The van der Waals surface area contributed by atoms with Crippen molar-refractivity contribution in [3.8, 4) is 0 Å². The van der Waals surface area contributed by atoms with Crippen LogP contribution >= 0.6 is 12.4 Å². The molecule has 4 N–H and O–H groups in total. The first-order chi connectivity index (χ1) is 9.88. The van der Waals surface area contributed by atoms with Crippen LogP contribution in [0.1, 0.15) is 12.8 Å². The Morgan fingerprint density at radius 3 is 2.55 bits per heavy atom. The number of halogens is 1. The third kappa shape index (κ3) is 4.80. The number of piperidine rings is 1. The first-order valence-corrected chi connectivity index (χ1v) is 8.18. The van der Waals surface area contributed by atoms with Gasteiger partial charge in [0.25, 0.3) is 5.69 Å². The van der Waals surface area contributed by atoms with E-state index in [1.54, 1.807) is 0 Å². The van der Waals surface area contributed by atoms with Gasteiger partial charge in [-0.2, -0.15) is 0 Å². The summed E-state index contributed by atoms with van der Waals surface area (Å²) in [6.07, 6.45) is 2.02. The van der Waals surface area contributed by atoms with Crippen molar-refractivity contribution in [1.82, 2.24) is 5.32 Å². The van der Waals surface area contributed by atoms with E-state index in [1.165, 1.54) is 12.1 Å². The molecule has 0 amide bonds. The van der Waals surface area contributed by atoms with Gasteiger partial charge in [0.1, 0.15) is 5.69 Å². The molecule has 10 heteroatoms. The number of hydrogen-bond donors (Lipinski definition) is 3. The lowest BCUT2D eigenvalue weighted by molar-refractivity contribution is -0.384. The summed E-state index contributed by atoms with van der Waals surface area (Å²) in [6, 6.07) is 3.64. The Morgan fingerprint density at radius 2 is 2.00 bits per heavy atom. The summed E-state index contributed by atoms with van der Waals surface area (Å²) in [5.74, 6) is 0.448. The molecule has 0 bridgehead atoms. The van der Waals surface area contributed by atoms with E-state index in [0.29, 0.717) is 18.2 Å². The van der Waals surface area contributed by atoms with Gasteiger partial charge in [-0.25, -0.2) is 13.6 Å². The van der Waals surface area contributed by atoms with E-state index in [-0.39, 0.29) is 23.0 Å². The van der Waals surface area contributed by atoms with Crippen LogP contribution in [0.2, 0.25) is 0 Å². The number of benzene rings is 1. The highest BCUT2D eigenvalue weighted by molar-refractivity contribution is 7.89. The van der Waals surface area contributed by atoms with E-state index in [2.05, 4.69) is 10.6 Å². The molecule has 0 radical (unpaired) electrons. The van der Waals surface area contributed by atoms with Crippen LogP contribution in [0, 0.1) is 16.0 Å². The monoisotopic (exact) mass is 350 g/mol. The Balaban J connectivity index is 0.00000242. The summed E-state index contributed by atoms with van der Waals surface area (Å²) in [6.45, 7) is 2.51. The third-order valence-electron chi connectivity index (χ3n) is 3.53. The van der Waals surface area contributed by atoms with Gasteiger partial charge in [0.05, 0.1) is 9.82 Å². The van der Waals surface area contributed by atoms with Crippen LogP contribution in [0.15, 0.2) is 23.1 Å². The lowest BCUT2D eigenvalue weighted by Crippen LogP contribution is -2.31. The third-order valence-corrected chi connectivity index (χ3v) is 4.45. The summed E-state index contributed by atoms with van der Waals surface area (Å²) in [7, 11) is -3.95. The molecule has 0 atom stereocenters. The van der Waals surface area contributed by atoms with Gasteiger partial charge < -0.3 is 10.6 Å². The molecule has 0 unspecified atom stereocenters. The second kappa shape index (κ2) is 7.73. The average Bonchev–Trinajstić information content (AvgIpc) is 2.45. The molecule has 124 valence electrons. The number of hydrogen-bond acceptors (Lipinski definition) is 6. The standard InChI is InChI=1S/C12H18N4O4S.ClH/c13-21(19,20)10-1-2-11(12(7-10)16(17)18)15-8-9-3-5-14-6-4-9;/h1-2,7,9,14-15H,3-6,8H2,(H2,13,19,20);1H. The predicted octanol–water partition coefficient (Wildman–Crippen LogP) is 1.08. The molecule has 1 aromatic rings. The molecule has 0 aliphatic carbocycles. The van der Waals surface area contributed by atoms with Crippen molar-refractivity contribution in [1.29, 1.82) is 0 Å². The van der Waals surface area contributed by atoms with Crippen LogP contribution in [-0.4, -0.2) is 33.0 Å². The molecule has 1 fully saturated rings. The van der Waals surface area contributed by atoms with Gasteiger partial charge >= 0.3 is 0 Å². The molecule has 1 aliphatic rings. The number of sulfonamides is 1. The van der Waals surface area contributed by atoms with E-state index in [4.69, 9.17) is 5.14 Å². The molecular formula is C12H19ClN4O4S. The zero-order chi connectivity index (χ0) is 15.5. The minimum absolute atomic E-state index is 0. The number of rotatable bonds is 5. The van der Waals surface area contributed by atoms with Gasteiger partial charge in [-0.05, 0) is 44.0 Å². The number of nitro groups is 1. The topological polar surface area (TPSA) is 127 Å². The maximum atomic E-state index is 11.3. The van der Waals surface area contributed by atoms with Gasteiger partial charge in [-0.3, -0.25) is 10.1 Å². The molecule has 1 saturated heterocycles. The molecule has 0 saturated carbocycles. The number of primary sulfonamides is 1. The van der Waals surface area contributed by atoms with Crippen LogP contribution < -0.4 is 15.8 Å². The first kappa shape index (κ1) is 18.6. The van der Waals surface area contributed by atoms with Gasteiger partial charge in [-0.1, -0.05) is 0 Å². The predicted molar refractivity (Wildman–Crippen MR) is 85.8 cm³/mol. The van der Waals surface area contributed by atoms with Crippen molar-refractivity contribution in [3.63, 3.8) is 0 Å². The van der Waals surface area contributed by atoms with E-state index < -0.39 is 14.9 Å². The van der Waals surface area contributed by atoms with Crippen LogP contribution in [0.5, 0.6) is 0 Å². The van der Waals surface area contributed by atoms with E-state index in [9.17, 15) is 18.5 Å². The zero-order valence-electron chi connectivity index (χ0n) is 11.8. The second-order valence-corrected chi connectivity index (χ2v) is 6.62. The largest absolute Gasteiger partial charge is 0.379 e.